The second kappa shape index (κ2) is 8.81. The third kappa shape index (κ3) is 7.11. The van der Waals surface area contributed by atoms with Gasteiger partial charge in [-0.1, -0.05) is 26.3 Å². The molecule has 0 N–H and O–H groups in total. The highest BCUT2D eigenvalue weighted by Crippen LogP contribution is 2.23. The van der Waals surface area contributed by atoms with Crippen LogP contribution in [0.3, 0.4) is 0 Å². The molecule has 0 aliphatic rings. The fourth-order valence-corrected chi connectivity index (χ4v) is 2.64. The lowest BCUT2D eigenvalue weighted by Crippen LogP contribution is -2.25. The van der Waals surface area contributed by atoms with Crippen LogP contribution in [0.4, 0.5) is 5.69 Å². The van der Waals surface area contributed by atoms with Gasteiger partial charge in [0, 0.05) is 18.6 Å². The maximum atomic E-state index is 11.9. The van der Waals surface area contributed by atoms with E-state index in [9.17, 15) is 14.9 Å². The number of carbonyl (C=O) groups is 1. The molecule has 1 unspecified atom stereocenters. The van der Waals surface area contributed by atoms with Gasteiger partial charge < -0.3 is 4.74 Å². The Morgan fingerprint density at radius 3 is 2.46 bits per heavy atom. The van der Waals surface area contributed by atoms with Gasteiger partial charge in [0.05, 0.1) is 4.92 Å². The molecular weight excluding hydrogens is 306 g/mol. The number of esters is 1. The SMILES string of the molecule is CCCc1cc([N+](=O)[O-])ccc1CCC(C)CC(=O)OC(C)(C)C. The van der Waals surface area contributed by atoms with Crippen LogP contribution in [-0.4, -0.2) is 16.5 Å². The molecule has 0 saturated carbocycles. The van der Waals surface area contributed by atoms with Crippen LogP contribution >= 0.6 is 0 Å². The van der Waals surface area contributed by atoms with Crippen molar-refractivity contribution in [3.8, 4) is 0 Å². The lowest BCUT2D eigenvalue weighted by Gasteiger charge is -2.21. The molecule has 1 atom stereocenters. The van der Waals surface area contributed by atoms with Crippen LogP contribution in [0, 0.1) is 16.0 Å². The zero-order valence-corrected chi connectivity index (χ0v) is 15.4. The fraction of sp³-hybridized carbons (Fsp3) is 0.632. The summed E-state index contributed by atoms with van der Waals surface area (Å²) >= 11 is 0. The molecule has 1 rings (SSSR count). The third-order valence-corrected chi connectivity index (χ3v) is 3.76. The Bertz CT molecular complexity index is 575. The molecule has 0 heterocycles. The van der Waals surface area contributed by atoms with E-state index in [-0.39, 0.29) is 22.5 Å². The van der Waals surface area contributed by atoms with Crippen molar-refractivity contribution in [2.24, 2.45) is 5.92 Å². The lowest BCUT2D eigenvalue weighted by atomic mass is 9.93. The lowest BCUT2D eigenvalue weighted by molar-refractivity contribution is -0.384. The van der Waals surface area contributed by atoms with Crippen molar-refractivity contribution in [2.75, 3.05) is 0 Å². The van der Waals surface area contributed by atoms with E-state index in [1.54, 1.807) is 12.1 Å². The second-order valence-corrected chi connectivity index (χ2v) is 7.39. The van der Waals surface area contributed by atoms with Crippen LogP contribution in [0.15, 0.2) is 18.2 Å². The van der Waals surface area contributed by atoms with E-state index in [0.29, 0.717) is 6.42 Å². The number of ether oxygens (including phenoxy) is 1. The normalized spacial score (nSPS) is 12.7. The summed E-state index contributed by atoms with van der Waals surface area (Å²) in [5, 5.41) is 10.9. The molecule has 1 aromatic rings. The van der Waals surface area contributed by atoms with Gasteiger partial charge in [-0.3, -0.25) is 14.9 Å². The van der Waals surface area contributed by atoms with Crippen molar-refractivity contribution < 1.29 is 14.5 Å². The molecule has 0 saturated heterocycles. The predicted octanol–water partition coefficient (Wildman–Crippen LogP) is 4.85. The van der Waals surface area contributed by atoms with E-state index >= 15 is 0 Å². The Labute approximate surface area is 144 Å². The third-order valence-electron chi connectivity index (χ3n) is 3.76. The van der Waals surface area contributed by atoms with Gasteiger partial charge in [-0.15, -0.1) is 0 Å². The van der Waals surface area contributed by atoms with Gasteiger partial charge in [-0.25, -0.2) is 0 Å². The molecule has 0 fully saturated rings. The molecule has 0 aromatic heterocycles. The summed E-state index contributed by atoms with van der Waals surface area (Å²) in [5.74, 6) is 0.0389. The fourth-order valence-electron chi connectivity index (χ4n) is 2.64. The first kappa shape index (κ1) is 20.1. The Morgan fingerprint density at radius 1 is 1.25 bits per heavy atom. The summed E-state index contributed by atoms with van der Waals surface area (Å²) in [4.78, 5) is 22.4. The minimum absolute atomic E-state index is 0.143. The van der Waals surface area contributed by atoms with Crippen molar-refractivity contribution >= 4 is 11.7 Å². The largest absolute Gasteiger partial charge is 0.460 e. The summed E-state index contributed by atoms with van der Waals surface area (Å²) in [6.45, 7) is 9.69. The van der Waals surface area contributed by atoms with Gasteiger partial charge in [-0.05, 0) is 57.1 Å². The van der Waals surface area contributed by atoms with E-state index in [2.05, 4.69) is 6.92 Å². The highest BCUT2D eigenvalue weighted by molar-refractivity contribution is 5.70. The number of nitro benzene ring substituents is 1. The molecular formula is C19H29NO4. The highest BCUT2D eigenvalue weighted by Gasteiger charge is 2.19. The van der Waals surface area contributed by atoms with Gasteiger partial charge in [0.15, 0.2) is 0 Å². The topological polar surface area (TPSA) is 69.4 Å². The van der Waals surface area contributed by atoms with E-state index < -0.39 is 5.60 Å². The van der Waals surface area contributed by atoms with Crippen LogP contribution < -0.4 is 0 Å². The first-order valence-electron chi connectivity index (χ1n) is 8.60. The van der Waals surface area contributed by atoms with Gasteiger partial charge in [0.2, 0.25) is 0 Å². The molecule has 5 heteroatoms. The summed E-state index contributed by atoms with van der Waals surface area (Å²) in [5.41, 5.74) is 1.86. The molecule has 0 aliphatic heterocycles. The van der Waals surface area contributed by atoms with Crippen molar-refractivity contribution in [3.05, 3.63) is 39.4 Å². The summed E-state index contributed by atoms with van der Waals surface area (Å²) in [6.07, 6.45) is 3.84. The number of hydrogen-bond acceptors (Lipinski definition) is 4. The minimum atomic E-state index is -0.455. The number of nitrogens with zero attached hydrogens (tertiary/aromatic N) is 1. The molecule has 5 nitrogen and oxygen atoms in total. The Morgan fingerprint density at radius 2 is 1.92 bits per heavy atom. The zero-order valence-electron chi connectivity index (χ0n) is 15.4. The molecule has 0 bridgehead atoms. The van der Waals surface area contributed by atoms with E-state index in [1.165, 1.54) is 0 Å². The molecule has 0 aliphatic carbocycles. The Balaban J connectivity index is 2.65. The first-order valence-corrected chi connectivity index (χ1v) is 8.60. The number of hydrogen-bond donors (Lipinski definition) is 0. The average Bonchev–Trinajstić information content (AvgIpc) is 2.43. The van der Waals surface area contributed by atoms with Crippen LogP contribution in [-0.2, 0) is 22.4 Å². The van der Waals surface area contributed by atoms with E-state index in [1.807, 2.05) is 33.8 Å². The number of rotatable bonds is 8. The van der Waals surface area contributed by atoms with Gasteiger partial charge in [-0.2, -0.15) is 0 Å². The van der Waals surface area contributed by atoms with Crippen LogP contribution in [0.25, 0.3) is 0 Å². The number of carbonyl (C=O) groups excluding carboxylic acids is 1. The monoisotopic (exact) mass is 335 g/mol. The number of benzene rings is 1. The molecule has 0 spiro atoms. The Hall–Kier alpha value is -1.91. The molecule has 24 heavy (non-hydrogen) atoms. The van der Waals surface area contributed by atoms with Crippen LogP contribution in [0.1, 0.15) is 65.0 Å². The van der Waals surface area contributed by atoms with E-state index in [0.717, 1.165) is 36.8 Å². The average molecular weight is 335 g/mol. The van der Waals surface area contributed by atoms with Crippen molar-refractivity contribution in [3.63, 3.8) is 0 Å². The molecule has 0 radical (unpaired) electrons. The quantitative estimate of drug-likeness (QED) is 0.387. The van der Waals surface area contributed by atoms with Crippen LogP contribution in [0.5, 0.6) is 0 Å². The maximum absolute atomic E-state index is 11.9. The van der Waals surface area contributed by atoms with Crippen LogP contribution in [0.2, 0.25) is 0 Å². The predicted molar refractivity (Wildman–Crippen MR) is 95.0 cm³/mol. The summed E-state index contributed by atoms with van der Waals surface area (Å²) in [7, 11) is 0. The Kier molecular flexibility index (Phi) is 7.39. The van der Waals surface area contributed by atoms with Gasteiger partial charge in [0.1, 0.15) is 5.60 Å². The van der Waals surface area contributed by atoms with Crippen molar-refractivity contribution in [1.29, 1.82) is 0 Å². The molecule has 1 aromatic carbocycles. The first-order chi connectivity index (χ1) is 11.1. The smallest absolute Gasteiger partial charge is 0.306 e. The van der Waals surface area contributed by atoms with Gasteiger partial charge in [0.25, 0.3) is 5.69 Å². The van der Waals surface area contributed by atoms with Gasteiger partial charge >= 0.3 is 5.97 Å². The van der Waals surface area contributed by atoms with E-state index in [4.69, 9.17) is 4.74 Å². The van der Waals surface area contributed by atoms with Crippen molar-refractivity contribution in [2.45, 2.75) is 72.3 Å². The standard InChI is InChI=1S/C19H29NO4/c1-6-7-16-13-17(20(22)23)11-10-15(16)9-8-14(2)12-18(21)24-19(3,4)5/h10-11,13-14H,6-9,12H2,1-5H3. The zero-order chi connectivity index (χ0) is 18.3. The summed E-state index contributed by atoms with van der Waals surface area (Å²) < 4.78 is 5.35. The maximum Gasteiger partial charge on any atom is 0.306 e. The summed E-state index contributed by atoms with van der Waals surface area (Å²) in [6, 6.07) is 5.09. The number of aryl methyl sites for hydroxylation is 2. The number of non-ortho nitro benzene ring substituents is 1. The molecule has 0 amide bonds. The number of nitro groups is 1. The minimum Gasteiger partial charge on any atom is -0.460 e. The van der Waals surface area contributed by atoms with Crippen molar-refractivity contribution in [1.82, 2.24) is 0 Å². The molecule has 134 valence electrons. The highest BCUT2D eigenvalue weighted by atomic mass is 16.6. The second-order valence-electron chi connectivity index (χ2n) is 7.39.